The SMILES string of the molecule is Cc1cc(OCC(=O)NC2(C)C=C(NC(=O)COc3ccc(Cl)c(F)c3)C2)cnc1C#N. The van der Waals surface area contributed by atoms with Crippen LogP contribution in [-0.4, -0.2) is 35.6 Å². The number of halogens is 2. The predicted molar refractivity (Wildman–Crippen MR) is 113 cm³/mol. The molecular weight excluding hydrogens is 439 g/mol. The second kappa shape index (κ2) is 9.66. The molecule has 2 aromatic rings. The van der Waals surface area contributed by atoms with Gasteiger partial charge in [0.25, 0.3) is 11.8 Å². The van der Waals surface area contributed by atoms with Crippen molar-refractivity contribution in [1.82, 2.24) is 15.6 Å². The maximum atomic E-state index is 13.4. The molecule has 0 bridgehead atoms. The average molecular weight is 459 g/mol. The van der Waals surface area contributed by atoms with Gasteiger partial charge in [0.1, 0.15) is 29.1 Å². The largest absolute Gasteiger partial charge is 0.484 e. The van der Waals surface area contributed by atoms with Gasteiger partial charge in [-0.2, -0.15) is 5.26 Å². The first-order chi connectivity index (χ1) is 15.2. The smallest absolute Gasteiger partial charge is 0.262 e. The molecule has 8 nitrogen and oxygen atoms in total. The Morgan fingerprint density at radius 2 is 1.94 bits per heavy atom. The van der Waals surface area contributed by atoms with Gasteiger partial charge in [-0.1, -0.05) is 11.6 Å². The van der Waals surface area contributed by atoms with Gasteiger partial charge in [0.05, 0.1) is 16.8 Å². The molecule has 1 atom stereocenters. The molecule has 3 rings (SSSR count). The Morgan fingerprint density at radius 1 is 1.25 bits per heavy atom. The van der Waals surface area contributed by atoms with E-state index >= 15 is 0 Å². The minimum atomic E-state index is -0.632. The Labute approximate surface area is 189 Å². The highest BCUT2D eigenvalue weighted by Gasteiger charge is 2.34. The van der Waals surface area contributed by atoms with Crippen LogP contribution in [0.2, 0.25) is 5.02 Å². The Hall–Kier alpha value is -3.64. The summed E-state index contributed by atoms with van der Waals surface area (Å²) in [6, 6.07) is 7.50. The van der Waals surface area contributed by atoms with Crippen molar-refractivity contribution in [2.24, 2.45) is 0 Å². The number of carbonyl (C=O) groups is 2. The Morgan fingerprint density at radius 3 is 2.59 bits per heavy atom. The summed E-state index contributed by atoms with van der Waals surface area (Å²) in [5, 5.41) is 14.4. The summed E-state index contributed by atoms with van der Waals surface area (Å²) in [5.41, 5.74) is 0.970. The summed E-state index contributed by atoms with van der Waals surface area (Å²) < 4.78 is 24.0. The first-order valence-corrected chi connectivity index (χ1v) is 9.95. The van der Waals surface area contributed by atoms with Crippen molar-refractivity contribution in [1.29, 1.82) is 5.26 Å². The van der Waals surface area contributed by atoms with E-state index < -0.39 is 17.3 Å². The lowest BCUT2D eigenvalue weighted by Crippen LogP contribution is -2.53. The van der Waals surface area contributed by atoms with Gasteiger partial charge >= 0.3 is 0 Å². The van der Waals surface area contributed by atoms with Gasteiger partial charge in [-0.05, 0) is 43.7 Å². The third-order valence-corrected chi connectivity index (χ3v) is 4.87. The fourth-order valence-electron chi connectivity index (χ4n) is 3.09. The number of pyridine rings is 1. The first-order valence-electron chi connectivity index (χ1n) is 9.57. The van der Waals surface area contributed by atoms with Gasteiger partial charge < -0.3 is 20.1 Å². The zero-order valence-electron chi connectivity index (χ0n) is 17.4. The molecule has 0 radical (unpaired) electrons. The number of ether oxygens (including phenoxy) is 2. The molecule has 2 amide bonds. The number of hydrogen-bond donors (Lipinski definition) is 2. The maximum Gasteiger partial charge on any atom is 0.262 e. The molecule has 2 N–H and O–H groups in total. The van der Waals surface area contributed by atoms with Crippen LogP contribution in [0.25, 0.3) is 0 Å². The zero-order valence-corrected chi connectivity index (χ0v) is 18.1. The summed E-state index contributed by atoms with van der Waals surface area (Å²) in [7, 11) is 0. The molecule has 0 aliphatic heterocycles. The molecule has 1 aromatic carbocycles. The van der Waals surface area contributed by atoms with Crippen LogP contribution >= 0.6 is 11.6 Å². The van der Waals surface area contributed by atoms with Crippen molar-refractivity contribution >= 4 is 23.4 Å². The van der Waals surface area contributed by atoms with E-state index in [0.717, 1.165) is 6.07 Å². The number of hydrogen-bond acceptors (Lipinski definition) is 6. The first kappa shape index (κ1) is 23.0. The summed E-state index contributed by atoms with van der Waals surface area (Å²) in [6.07, 6.45) is 3.52. The monoisotopic (exact) mass is 458 g/mol. The molecule has 1 heterocycles. The van der Waals surface area contributed by atoms with E-state index in [2.05, 4.69) is 15.6 Å². The molecule has 0 spiro atoms. The average Bonchev–Trinajstić information content (AvgIpc) is 2.72. The van der Waals surface area contributed by atoms with Crippen molar-refractivity contribution in [3.63, 3.8) is 0 Å². The number of benzene rings is 1. The van der Waals surface area contributed by atoms with E-state index in [9.17, 15) is 14.0 Å². The number of carbonyl (C=O) groups excluding carboxylic acids is 2. The van der Waals surface area contributed by atoms with E-state index in [1.54, 1.807) is 26.0 Å². The van der Waals surface area contributed by atoms with Gasteiger partial charge in [0.2, 0.25) is 0 Å². The van der Waals surface area contributed by atoms with Crippen molar-refractivity contribution in [3.05, 3.63) is 64.3 Å². The number of nitrogens with one attached hydrogen (secondary N) is 2. The van der Waals surface area contributed by atoms with Gasteiger partial charge in [0.15, 0.2) is 13.2 Å². The van der Waals surface area contributed by atoms with E-state index in [-0.39, 0.29) is 29.9 Å². The van der Waals surface area contributed by atoms with Gasteiger partial charge in [-0.3, -0.25) is 9.59 Å². The van der Waals surface area contributed by atoms with Gasteiger partial charge in [-0.25, -0.2) is 9.37 Å². The van der Waals surface area contributed by atoms with Gasteiger partial charge in [-0.15, -0.1) is 0 Å². The zero-order chi connectivity index (χ0) is 23.3. The normalized spacial score (nSPS) is 16.8. The van der Waals surface area contributed by atoms with Crippen molar-refractivity contribution in [2.45, 2.75) is 25.8 Å². The standard InChI is InChI=1S/C22H20ClFN4O4/c1-13-5-16(10-26-19(13)9-25)32-12-21(30)28-22(2)7-14(8-22)27-20(29)11-31-15-3-4-17(23)18(24)6-15/h3-7,10H,8,11-12H2,1-2H3,(H,27,29)(H,28,30). The molecule has 1 aromatic heterocycles. The van der Waals surface area contributed by atoms with E-state index in [1.807, 2.05) is 6.07 Å². The molecule has 0 saturated heterocycles. The molecule has 1 aliphatic carbocycles. The lowest BCUT2D eigenvalue weighted by atomic mass is 9.84. The van der Waals surface area contributed by atoms with E-state index in [4.69, 9.17) is 26.3 Å². The topological polar surface area (TPSA) is 113 Å². The van der Waals surface area contributed by atoms with E-state index in [0.29, 0.717) is 29.1 Å². The van der Waals surface area contributed by atoms with Crippen molar-refractivity contribution in [3.8, 4) is 17.6 Å². The van der Waals surface area contributed by atoms with Crippen LogP contribution in [0, 0.1) is 24.1 Å². The number of rotatable bonds is 8. The quantitative estimate of drug-likeness (QED) is 0.628. The minimum absolute atomic E-state index is 0.0307. The van der Waals surface area contributed by atoms with Crippen molar-refractivity contribution < 1.29 is 23.5 Å². The number of aromatic nitrogens is 1. The maximum absolute atomic E-state index is 13.4. The summed E-state index contributed by atoms with van der Waals surface area (Å²) in [4.78, 5) is 28.1. The van der Waals surface area contributed by atoms with Crippen LogP contribution in [-0.2, 0) is 9.59 Å². The molecule has 0 saturated carbocycles. The summed E-state index contributed by atoms with van der Waals surface area (Å²) >= 11 is 5.60. The number of aryl methyl sites for hydroxylation is 1. The van der Waals surface area contributed by atoms with Crippen molar-refractivity contribution in [2.75, 3.05) is 13.2 Å². The molecule has 10 heteroatoms. The van der Waals surface area contributed by atoms with Crippen LogP contribution in [0.5, 0.6) is 11.5 Å². The summed E-state index contributed by atoms with van der Waals surface area (Å²) in [5.74, 6) is -0.808. The highest BCUT2D eigenvalue weighted by Crippen LogP contribution is 2.28. The number of amides is 2. The third kappa shape index (κ3) is 5.95. The van der Waals surface area contributed by atoms with Crippen LogP contribution < -0.4 is 20.1 Å². The highest BCUT2D eigenvalue weighted by molar-refractivity contribution is 6.30. The number of nitriles is 1. The Kier molecular flexibility index (Phi) is 6.95. The predicted octanol–water partition coefficient (Wildman–Crippen LogP) is 2.79. The fourth-order valence-corrected chi connectivity index (χ4v) is 3.21. The lowest BCUT2D eigenvalue weighted by molar-refractivity contribution is -0.124. The Balaban J connectivity index is 1.42. The van der Waals surface area contributed by atoms with Crippen LogP contribution in [0.3, 0.4) is 0 Å². The van der Waals surface area contributed by atoms with E-state index in [1.165, 1.54) is 18.3 Å². The highest BCUT2D eigenvalue weighted by atomic mass is 35.5. The minimum Gasteiger partial charge on any atom is -0.484 e. The molecule has 1 unspecified atom stereocenters. The molecule has 32 heavy (non-hydrogen) atoms. The second-order valence-corrected chi connectivity index (χ2v) is 7.87. The van der Waals surface area contributed by atoms with Crippen LogP contribution in [0.4, 0.5) is 4.39 Å². The number of nitrogens with zero attached hydrogens (tertiary/aromatic N) is 2. The third-order valence-electron chi connectivity index (χ3n) is 4.57. The summed E-state index contributed by atoms with van der Waals surface area (Å²) in [6.45, 7) is 3.02. The molecule has 0 fully saturated rings. The Bertz CT molecular complexity index is 1130. The van der Waals surface area contributed by atoms with Crippen LogP contribution in [0.1, 0.15) is 24.6 Å². The van der Waals surface area contributed by atoms with Crippen LogP contribution in [0.15, 0.2) is 42.2 Å². The molecular formula is C22H20ClFN4O4. The molecule has 166 valence electrons. The van der Waals surface area contributed by atoms with Gasteiger partial charge in [0, 0.05) is 18.2 Å². The lowest BCUT2D eigenvalue weighted by Gasteiger charge is -2.37. The second-order valence-electron chi connectivity index (χ2n) is 7.46. The fraction of sp³-hybridized carbons (Fsp3) is 0.273. The molecule has 1 aliphatic rings.